The standard InChI is InChI=1S/C19H21N3O2S/c1-12-11-15(13(2)25-12)19(23)21-17(18-20-9-10-22(18)3)14-7-5-6-8-16(14)24-4/h5-11,17H,1-4H3,(H,21,23)/t17-/m0/s1. The van der Waals surface area contributed by atoms with Crippen LogP contribution in [0.1, 0.15) is 37.5 Å². The van der Waals surface area contributed by atoms with Crippen LogP contribution in [0.3, 0.4) is 0 Å². The molecule has 0 aliphatic heterocycles. The molecule has 130 valence electrons. The molecule has 0 spiro atoms. The Kier molecular flexibility index (Phi) is 4.90. The first kappa shape index (κ1) is 17.2. The summed E-state index contributed by atoms with van der Waals surface area (Å²) in [6, 6.07) is 9.20. The first-order chi connectivity index (χ1) is 12.0. The van der Waals surface area contributed by atoms with Gasteiger partial charge in [0.15, 0.2) is 0 Å². The minimum absolute atomic E-state index is 0.110. The molecule has 0 unspecified atom stereocenters. The van der Waals surface area contributed by atoms with Crippen LogP contribution in [0.5, 0.6) is 5.75 Å². The van der Waals surface area contributed by atoms with E-state index in [-0.39, 0.29) is 5.91 Å². The van der Waals surface area contributed by atoms with Gasteiger partial charge in [0.1, 0.15) is 17.6 Å². The smallest absolute Gasteiger partial charge is 0.253 e. The van der Waals surface area contributed by atoms with Crippen LogP contribution in [0.2, 0.25) is 0 Å². The number of aryl methyl sites for hydroxylation is 3. The van der Waals surface area contributed by atoms with Crippen molar-refractivity contribution in [3.63, 3.8) is 0 Å². The Bertz CT molecular complexity index is 898. The van der Waals surface area contributed by atoms with Crippen LogP contribution in [0.15, 0.2) is 42.7 Å². The Morgan fingerprint density at radius 1 is 1.32 bits per heavy atom. The van der Waals surface area contributed by atoms with E-state index in [0.717, 1.165) is 21.1 Å². The monoisotopic (exact) mass is 355 g/mol. The lowest BCUT2D eigenvalue weighted by Crippen LogP contribution is -2.31. The molecule has 6 heteroatoms. The fourth-order valence-electron chi connectivity index (χ4n) is 2.91. The Balaban J connectivity index is 2.02. The van der Waals surface area contributed by atoms with Gasteiger partial charge in [0.2, 0.25) is 0 Å². The predicted octanol–water partition coefficient (Wildman–Crippen LogP) is 3.63. The van der Waals surface area contributed by atoms with Crippen molar-refractivity contribution < 1.29 is 9.53 Å². The highest BCUT2D eigenvalue weighted by Crippen LogP contribution is 2.30. The fraction of sp³-hybridized carbons (Fsp3) is 0.263. The third kappa shape index (κ3) is 3.44. The van der Waals surface area contributed by atoms with Crippen molar-refractivity contribution >= 4 is 17.2 Å². The van der Waals surface area contributed by atoms with Gasteiger partial charge in [-0.05, 0) is 26.0 Å². The highest BCUT2D eigenvalue weighted by atomic mass is 32.1. The number of ether oxygens (including phenoxy) is 1. The summed E-state index contributed by atoms with van der Waals surface area (Å²) in [5.41, 5.74) is 1.58. The lowest BCUT2D eigenvalue weighted by Gasteiger charge is -2.21. The summed E-state index contributed by atoms with van der Waals surface area (Å²) in [6.07, 6.45) is 3.59. The van der Waals surface area contributed by atoms with Crippen molar-refractivity contribution in [1.82, 2.24) is 14.9 Å². The molecule has 0 saturated carbocycles. The molecule has 0 aliphatic rings. The number of rotatable bonds is 5. The van der Waals surface area contributed by atoms with Gasteiger partial charge in [-0.25, -0.2) is 4.98 Å². The maximum Gasteiger partial charge on any atom is 0.253 e. The number of para-hydroxylation sites is 1. The van der Waals surface area contributed by atoms with Gasteiger partial charge < -0.3 is 14.6 Å². The van der Waals surface area contributed by atoms with Gasteiger partial charge in [0.05, 0.1) is 12.7 Å². The second-order valence-electron chi connectivity index (χ2n) is 5.87. The fourth-order valence-corrected chi connectivity index (χ4v) is 3.83. The lowest BCUT2D eigenvalue weighted by atomic mass is 10.0. The first-order valence-electron chi connectivity index (χ1n) is 7.99. The van der Waals surface area contributed by atoms with Gasteiger partial charge in [-0.2, -0.15) is 0 Å². The van der Waals surface area contributed by atoms with Crippen molar-refractivity contribution in [2.45, 2.75) is 19.9 Å². The summed E-state index contributed by atoms with van der Waals surface area (Å²) in [4.78, 5) is 19.5. The van der Waals surface area contributed by atoms with Crippen LogP contribution >= 0.6 is 11.3 Å². The Labute approximate surface area is 151 Å². The van der Waals surface area contributed by atoms with Gasteiger partial charge >= 0.3 is 0 Å². The number of carbonyl (C=O) groups excluding carboxylic acids is 1. The molecule has 0 radical (unpaired) electrons. The number of benzene rings is 1. The molecular formula is C19H21N3O2S. The zero-order chi connectivity index (χ0) is 18.0. The van der Waals surface area contributed by atoms with Crippen LogP contribution in [-0.2, 0) is 7.05 Å². The predicted molar refractivity (Wildman–Crippen MR) is 99.3 cm³/mol. The number of nitrogens with one attached hydrogen (secondary N) is 1. The summed E-state index contributed by atoms with van der Waals surface area (Å²) < 4.78 is 7.40. The van der Waals surface area contributed by atoms with Gasteiger partial charge in [-0.15, -0.1) is 11.3 Å². The summed E-state index contributed by atoms with van der Waals surface area (Å²) in [5.74, 6) is 1.36. The number of thiophene rings is 1. The second-order valence-corrected chi connectivity index (χ2v) is 7.33. The molecule has 5 nitrogen and oxygen atoms in total. The molecule has 1 amide bonds. The first-order valence-corrected chi connectivity index (χ1v) is 8.81. The average molecular weight is 355 g/mol. The lowest BCUT2D eigenvalue weighted by molar-refractivity contribution is 0.0940. The van der Waals surface area contributed by atoms with E-state index in [4.69, 9.17) is 4.74 Å². The van der Waals surface area contributed by atoms with E-state index in [1.165, 1.54) is 0 Å². The van der Waals surface area contributed by atoms with Gasteiger partial charge in [0.25, 0.3) is 5.91 Å². The van der Waals surface area contributed by atoms with Crippen LogP contribution in [0.25, 0.3) is 0 Å². The quantitative estimate of drug-likeness (QED) is 0.760. The Morgan fingerprint density at radius 2 is 2.08 bits per heavy atom. The molecule has 3 aromatic rings. The van der Waals surface area contributed by atoms with Crippen molar-refractivity contribution in [3.05, 3.63) is 69.4 Å². The molecule has 0 bridgehead atoms. The largest absolute Gasteiger partial charge is 0.496 e. The van der Waals surface area contributed by atoms with Crippen molar-refractivity contribution in [2.75, 3.05) is 7.11 Å². The van der Waals surface area contributed by atoms with E-state index in [1.807, 2.05) is 62.0 Å². The number of hydrogen-bond donors (Lipinski definition) is 1. The normalized spacial score (nSPS) is 12.0. The molecule has 1 atom stereocenters. The minimum atomic E-state index is -0.400. The van der Waals surface area contributed by atoms with E-state index in [1.54, 1.807) is 24.6 Å². The van der Waals surface area contributed by atoms with Crippen molar-refractivity contribution in [1.29, 1.82) is 0 Å². The molecule has 25 heavy (non-hydrogen) atoms. The van der Waals surface area contributed by atoms with Gasteiger partial charge in [0, 0.05) is 34.8 Å². The number of amides is 1. The molecule has 3 rings (SSSR count). The SMILES string of the molecule is COc1ccccc1[C@H](NC(=O)c1cc(C)sc1C)c1nccn1C. The average Bonchev–Trinajstić information content (AvgIpc) is 3.17. The maximum atomic E-state index is 12.9. The van der Waals surface area contributed by atoms with Crippen LogP contribution in [0.4, 0.5) is 0 Å². The zero-order valence-electron chi connectivity index (χ0n) is 14.7. The topological polar surface area (TPSA) is 56.1 Å². The Morgan fingerprint density at radius 3 is 2.68 bits per heavy atom. The van der Waals surface area contributed by atoms with Gasteiger partial charge in [-0.1, -0.05) is 18.2 Å². The summed E-state index contributed by atoms with van der Waals surface area (Å²) in [7, 11) is 3.54. The molecule has 1 N–H and O–H groups in total. The van der Waals surface area contributed by atoms with Crippen LogP contribution < -0.4 is 10.1 Å². The minimum Gasteiger partial charge on any atom is -0.496 e. The molecule has 1 aromatic carbocycles. The Hall–Kier alpha value is -2.60. The molecule has 2 aromatic heterocycles. The summed E-state index contributed by atoms with van der Waals surface area (Å²) >= 11 is 1.62. The third-order valence-electron chi connectivity index (χ3n) is 4.13. The highest BCUT2D eigenvalue weighted by Gasteiger charge is 2.25. The summed E-state index contributed by atoms with van der Waals surface area (Å²) in [5, 5.41) is 3.13. The summed E-state index contributed by atoms with van der Waals surface area (Å²) in [6.45, 7) is 3.97. The number of hydrogen-bond acceptors (Lipinski definition) is 4. The number of aromatic nitrogens is 2. The van der Waals surface area contributed by atoms with Gasteiger partial charge in [-0.3, -0.25) is 4.79 Å². The number of methoxy groups -OCH3 is 1. The van der Waals surface area contributed by atoms with Crippen LogP contribution in [0, 0.1) is 13.8 Å². The van der Waals surface area contributed by atoms with Crippen LogP contribution in [-0.4, -0.2) is 22.6 Å². The van der Waals surface area contributed by atoms with E-state index in [2.05, 4.69) is 10.3 Å². The van der Waals surface area contributed by atoms with E-state index in [9.17, 15) is 4.79 Å². The van der Waals surface area contributed by atoms with Crippen molar-refractivity contribution in [2.24, 2.45) is 7.05 Å². The maximum absolute atomic E-state index is 12.9. The third-order valence-corrected chi connectivity index (χ3v) is 5.09. The number of carbonyl (C=O) groups is 1. The molecule has 2 heterocycles. The van der Waals surface area contributed by atoms with E-state index in [0.29, 0.717) is 11.3 Å². The molecular weight excluding hydrogens is 334 g/mol. The zero-order valence-corrected chi connectivity index (χ0v) is 15.6. The number of imidazole rings is 1. The molecule has 0 fully saturated rings. The second kappa shape index (κ2) is 7.11. The van der Waals surface area contributed by atoms with E-state index >= 15 is 0 Å². The number of nitrogens with zero attached hydrogens (tertiary/aromatic N) is 2. The van der Waals surface area contributed by atoms with E-state index < -0.39 is 6.04 Å². The molecule has 0 aliphatic carbocycles. The van der Waals surface area contributed by atoms with Crippen molar-refractivity contribution in [3.8, 4) is 5.75 Å². The molecule has 0 saturated heterocycles. The highest BCUT2D eigenvalue weighted by molar-refractivity contribution is 7.12.